The van der Waals surface area contributed by atoms with Gasteiger partial charge in [-0.05, 0) is 43.0 Å². The van der Waals surface area contributed by atoms with E-state index in [1.54, 1.807) is 0 Å². The molecule has 0 aromatic heterocycles. The largest absolute Gasteiger partial charge is 0.294 e. The van der Waals surface area contributed by atoms with Gasteiger partial charge in [0.15, 0.2) is 5.78 Å². The summed E-state index contributed by atoms with van der Waals surface area (Å²) in [5.74, 6) is 0.561. The lowest BCUT2D eigenvalue weighted by Gasteiger charge is -2.20. The van der Waals surface area contributed by atoms with Gasteiger partial charge in [0.05, 0.1) is 0 Å². The lowest BCUT2D eigenvalue weighted by molar-refractivity contribution is 0.0889. The zero-order valence-corrected chi connectivity index (χ0v) is 11.1. The number of carbonyl (C=O) groups is 1. The van der Waals surface area contributed by atoms with Gasteiger partial charge in [0.25, 0.3) is 0 Å². The van der Waals surface area contributed by atoms with Gasteiger partial charge < -0.3 is 0 Å². The first-order valence-corrected chi connectivity index (χ1v) is 6.92. The fourth-order valence-corrected chi connectivity index (χ4v) is 2.85. The van der Waals surface area contributed by atoms with Gasteiger partial charge in [-0.2, -0.15) is 0 Å². The van der Waals surface area contributed by atoms with Crippen molar-refractivity contribution in [3.8, 4) is 0 Å². The molecule has 0 atom stereocenters. The van der Waals surface area contributed by atoms with Gasteiger partial charge in [0.2, 0.25) is 0 Å². The maximum absolute atomic E-state index is 12.3. The molecule has 17 heavy (non-hydrogen) atoms. The molecule has 2 rings (SSSR count). The number of hydrogen-bond acceptors (Lipinski definition) is 1. The van der Waals surface area contributed by atoms with Crippen molar-refractivity contribution in [1.29, 1.82) is 0 Å². The predicted octanol–water partition coefficient (Wildman–Crippen LogP) is 4.67. The van der Waals surface area contributed by atoms with E-state index >= 15 is 0 Å². The van der Waals surface area contributed by atoms with Crippen LogP contribution in [0.15, 0.2) is 18.2 Å². The lowest BCUT2D eigenvalue weighted by Crippen LogP contribution is -2.18. The normalized spacial score (nSPS) is 17.1. The molecule has 92 valence electrons. The Morgan fingerprint density at radius 1 is 1.29 bits per heavy atom. The first-order valence-electron chi connectivity index (χ1n) is 6.55. The molecule has 1 aliphatic carbocycles. The van der Waals surface area contributed by atoms with E-state index in [1.807, 2.05) is 18.2 Å². The summed E-state index contributed by atoms with van der Waals surface area (Å²) in [4.78, 5) is 12.3. The van der Waals surface area contributed by atoms with Crippen LogP contribution in [-0.2, 0) is 6.42 Å². The minimum Gasteiger partial charge on any atom is -0.294 e. The van der Waals surface area contributed by atoms with Gasteiger partial charge in [-0.3, -0.25) is 4.79 Å². The Morgan fingerprint density at radius 2 is 2.00 bits per heavy atom. The number of ketones is 1. The first kappa shape index (κ1) is 12.6. The Morgan fingerprint density at radius 3 is 2.65 bits per heavy atom. The molecule has 2 heteroatoms. The molecule has 1 nitrogen and oxygen atoms in total. The quantitative estimate of drug-likeness (QED) is 0.713. The monoisotopic (exact) mass is 250 g/mol. The summed E-state index contributed by atoms with van der Waals surface area (Å²) >= 11 is 6.08. The van der Waals surface area contributed by atoms with Crippen LogP contribution in [0.3, 0.4) is 0 Å². The third-order valence-electron chi connectivity index (χ3n) is 3.69. The molecule has 0 N–H and O–H groups in total. The fraction of sp³-hybridized carbons (Fsp3) is 0.533. The number of Topliss-reactive ketones (excluding diaryl/α,β-unsaturated/α-hetero) is 1. The molecule has 0 bridgehead atoms. The second kappa shape index (κ2) is 5.68. The van der Waals surface area contributed by atoms with E-state index in [9.17, 15) is 4.79 Å². The van der Waals surface area contributed by atoms with Crippen molar-refractivity contribution in [3.63, 3.8) is 0 Å². The second-order valence-corrected chi connectivity index (χ2v) is 5.27. The molecule has 0 unspecified atom stereocenters. The second-order valence-electron chi connectivity index (χ2n) is 4.86. The van der Waals surface area contributed by atoms with Gasteiger partial charge >= 0.3 is 0 Å². The molecule has 0 amide bonds. The molecule has 1 aliphatic rings. The predicted molar refractivity (Wildman–Crippen MR) is 71.7 cm³/mol. The Balaban J connectivity index is 2.18. The van der Waals surface area contributed by atoms with Crippen LogP contribution in [-0.4, -0.2) is 5.78 Å². The van der Waals surface area contributed by atoms with Crippen LogP contribution < -0.4 is 0 Å². The zero-order chi connectivity index (χ0) is 12.3. The number of benzene rings is 1. The number of aryl methyl sites for hydroxylation is 1. The summed E-state index contributed by atoms with van der Waals surface area (Å²) in [5, 5.41) is 0.771. The van der Waals surface area contributed by atoms with E-state index in [-0.39, 0.29) is 5.92 Å². The summed E-state index contributed by atoms with van der Waals surface area (Å²) in [5.41, 5.74) is 1.92. The van der Waals surface area contributed by atoms with Crippen molar-refractivity contribution in [2.24, 2.45) is 5.92 Å². The Labute approximate surface area is 108 Å². The van der Waals surface area contributed by atoms with E-state index < -0.39 is 0 Å². The Bertz CT molecular complexity index is 405. The minimum atomic E-state index is 0.245. The van der Waals surface area contributed by atoms with Crippen LogP contribution in [0.1, 0.15) is 54.9 Å². The average molecular weight is 251 g/mol. The van der Waals surface area contributed by atoms with Crippen LogP contribution in [0, 0.1) is 5.92 Å². The van der Waals surface area contributed by atoms with E-state index in [4.69, 9.17) is 11.6 Å². The smallest absolute Gasteiger partial charge is 0.165 e. The summed E-state index contributed by atoms with van der Waals surface area (Å²) in [6, 6.07) is 5.70. The van der Waals surface area contributed by atoms with Crippen LogP contribution in [0.25, 0.3) is 0 Å². The highest BCUT2D eigenvalue weighted by atomic mass is 35.5. The van der Waals surface area contributed by atoms with Gasteiger partial charge in [-0.15, -0.1) is 0 Å². The average Bonchev–Trinajstić information content (AvgIpc) is 2.39. The third kappa shape index (κ3) is 2.90. The highest BCUT2D eigenvalue weighted by Crippen LogP contribution is 2.28. The molecule has 1 saturated carbocycles. The molecule has 0 saturated heterocycles. The summed E-state index contributed by atoms with van der Waals surface area (Å²) in [6.07, 6.45) is 6.68. The van der Waals surface area contributed by atoms with Crippen LogP contribution in [0.5, 0.6) is 0 Å². The molecule has 1 fully saturated rings. The van der Waals surface area contributed by atoms with Gasteiger partial charge in [-0.1, -0.05) is 37.8 Å². The number of hydrogen-bond donors (Lipinski definition) is 0. The van der Waals surface area contributed by atoms with E-state index in [1.165, 1.54) is 19.3 Å². The zero-order valence-electron chi connectivity index (χ0n) is 10.3. The van der Waals surface area contributed by atoms with Crippen molar-refractivity contribution in [2.45, 2.75) is 45.4 Å². The molecular formula is C15H19ClO. The van der Waals surface area contributed by atoms with Crippen molar-refractivity contribution >= 4 is 17.4 Å². The van der Waals surface area contributed by atoms with E-state index in [2.05, 4.69) is 6.92 Å². The van der Waals surface area contributed by atoms with Gasteiger partial charge in [-0.25, -0.2) is 0 Å². The van der Waals surface area contributed by atoms with Crippen molar-refractivity contribution in [2.75, 3.05) is 0 Å². The molecule has 1 aromatic carbocycles. The van der Waals surface area contributed by atoms with Crippen LogP contribution in [0.4, 0.5) is 0 Å². The van der Waals surface area contributed by atoms with Gasteiger partial charge in [0.1, 0.15) is 0 Å². The highest BCUT2D eigenvalue weighted by molar-refractivity contribution is 6.31. The summed E-state index contributed by atoms with van der Waals surface area (Å²) in [7, 11) is 0. The molecule has 0 radical (unpaired) electrons. The van der Waals surface area contributed by atoms with Crippen LogP contribution in [0.2, 0.25) is 5.02 Å². The van der Waals surface area contributed by atoms with Crippen molar-refractivity contribution in [1.82, 2.24) is 0 Å². The SMILES string of the molecule is CCc1cc(C(=O)C2CCCCC2)ccc1Cl. The van der Waals surface area contributed by atoms with Gasteiger partial charge in [0, 0.05) is 16.5 Å². The maximum Gasteiger partial charge on any atom is 0.165 e. The number of halogens is 1. The lowest BCUT2D eigenvalue weighted by atomic mass is 9.83. The first-order chi connectivity index (χ1) is 8.22. The molecule has 0 aliphatic heterocycles. The number of rotatable bonds is 3. The topological polar surface area (TPSA) is 17.1 Å². The Kier molecular flexibility index (Phi) is 4.22. The third-order valence-corrected chi connectivity index (χ3v) is 4.06. The molecule has 0 heterocycles. The number of carbonyl (C=O) groups excluding carboxylic acids is 1. The molecule has 1 aromatic rings. The minimum absolute atomic E-state index is 0.245. The van der Waals surface area contributed by atoms with E-state index in [0.717, 1.165) is 35.4 Å². The van der Waals surface area contributed by atoms with E-state index in [0.29, 0.717) is 5.78 Å². The molecule has 0 spiro atoms. The maximum atomic E-state index is 12.3. The Hall–Kier alpha value is -0.820. The summed E-state index contributed by atoms with van der Waals surface area (Å²) in [6.45, 7) is 2.07. The highest BCUT2D eigenvalue weighted by Gasteiger charge is 2.22. The fourth-order valence-electron chi connectivity index (χ4n) is 2.60. The molecular weight excluding hydrogens is 232 g/mol. The van der Waals surface area contributed by atoms with Crippen LogP contribution >= 0.6 is 11.6 Å². The summed E-state index contributed by atoms with van der Waals surface area (Å²) < 4.78 is 0. The standard InChI is InChI=1S/C15H19ClO/c1-2-11-10-13(8-9-14(11)16)15(17)12-6-4-3-5-7-12/h8-10,12H,2-7H2,1H3. The van der Waals surface area contributed by atoms with Crippen molar-refractivity contribution < 1.29 is 4.79 Å². The van der Waals surface area contributed by atoms with Crippen molar-refractivity contribution in [3.05, 3.63) is 34.3 Å².